The maximum Gasteiger partial charge on any atom is 0.169 e. The molecule has 6 rings (SSSR count). The molecule has 0 aromatic heterocycles. The van der Waals surface area contributed by atoms with Crippen molar-refractivity contribution < 1.29 is 13.9 Å². The standard InChI is InChI=1S/C32H26FNO2/c1-36-24-7-5-6-21(17-24)32(35)22-18-29-27-11-9-20-16-23(33)10-12-25(20)26(27)13-14-28(29)30(19-22)31-8-3-2-4-15-34-31/h2-8,10-18,22,30,34H,9,19H2,1H3. The Labute approximate surface area is 209 Å². The second-order valence-corrected chi connectivity index (χ2v) is 9.41. The molecule has 0 amide bonds. The smallest absolute Gasteiger partial charge is 0.169 e. The number of carbonyl (C=O) groups is 1. The van der Waals surface area contributed by atoms with Crippen LogP contribution in [-0.4, -0.2) is 12.9 Å². The van der Waals surface area contributed by atoms with E-state index in [4.69, 9.17) is 4.74 Å². The van der Waals surface area contributed by atoms with E-state index in [0.717, 1.165) is 32.8 Å². The van der Waals surface area contributed by atoms with E-state index in [9.17, 15) is 9.18 Å². The van der Waals surface area contributed by atoms with E-state index < -0.39 is 0 Å². The van der Waals surface area contributed by atoms with E-state index in [1.807, 2.05) is 54.8 Å². The molecule has 2 atom stereocenters. The summed E-state index contributed by atoms with van der Waals surface area (Å²) in [6, 6.07) is 16.7. The van der Waals surface area contributed by atoms with Crippen LogP contribution in [0.2, 0.25) is 0 Å². The third-order valence-electron chi connectivity index (χ3n) is 7.35. The Hall–Kier alpha value is -4.18. The molecule has 0 saturated carbocycles. The molecular formula is C32H26FNO2. The van der Waals surface area contributed by atoms with Crippen molar-refractivity contribution in [3.63, 3.8) is 0 Å². The highest BCUT2D eigenvalue weighted by Crippen LogP contribution is 2.35. The van der Waals surface area contributed by atoms with Crippen molar-refractivity contribution in [1.29, 1.82) is 0 Å². The lowest BCUT2D eigenvalue weighted by atomic mass is 9.75. The summed E-state index contributed by atoms with van der Waals surface area (Å²) in [6.07, 6.45) is 15.7. The minimum atomic E-state index is -0.289. The molecular weight excluding hydrogens is 449 g/mol. The minimum Gasteiger partial charge on any atom is -0.497 e. The van der Waals surface area contributed by atoms with Crippen molar-refractivity contribution in [3.8, 4) is 16.9 Å². The molecule has 36 heavy (non-hydrogen) atoms. The van der Waals surface area contributed by atoms with Crippen LogP contribution >= 0.6 is 0 Å². The fraction of sp³-hybridized carbons (Fsp3) is 0.156. The van der Waals surface area contributed by atoms with Crippen LogP contribution in [0, 0.1) is 11.7 Å². The van der Waals surface area contributed by atoms with E-state index >= 15 is 0 Å². The first-order valence-corrected chi connectivity index (χ1v) is 12.2. The van der Waals surface area contributed by atoms with Crippen molar-refractivity contribution in [1.82, 2.24) is 5.32 Å². The summed E-state index contributed by atoms with van der Waals surface area (Å²) >= 11 is 0. The summed E-state index contributed by atoms with van der Waals surface area (Å²) < 4.78 is 19.3. The number of hydrogen-bond acceptors (Lipinski definition) is 3. The first-order valence-electron chi connectivity index (χ1n) is 12.2. The molecule has 3 nitrogen and oxygen atoms in total. The van der Waals surface area contributed by atoms with Gasteiger partial charge in [0, 0.05) is 29.3 Å². The third-order valence-corrected chi connectivity index (χ3v) is 7.35. The predicted octanol–water partition coefficient (Wildman–Crippen LogP) is 5.16. The van der Waals surface area contributed by atoms with Crippen LogP contribution < -0.4 is 20.5 Å². The second kappa shape index (κ2) is 9.12. The Kier molecular flexibility index (Phi) is 5.65. The van der Waals surface area contributed by atoms with Crippen LogP contribution in [0.25, 0.3) is 23.3 Å². The van der Waals surface area contributed by atoms with Gasteiger partial charge in [0.15, 0.2) is 5.78 Å². The average molecular weight is 476 g/mol. The average Bonchev–Trinajstić information content (AvgIpc) is 3.21. The zero-order valence-electron chi connectivity index (χ0n) is 20.0. The maximum absolute atomic E-state index is 13.9. The van der Waals surface area contributed by atoms with Crippen LogP contribution in [0.1, 0.15) is 33.8 Å². The number of rotatable bonds is 4. The molecule has 3 aromatic carbocycles. The quantitative estimate of drug-likeness (QED) is 0.530. The van der Waals surface area contributed by atoms with E-state index in [2.05, 4.69) is 35.7 Å². The van der Waals surface area contributed by atoms with Gasteiger partial charge in [-0.25, -0.2) is 4.39 Å². The molecule has 1 heterocycles. The molecule has 3 aromatic rings. The fourth-order valence-electron chi connectivity index (χ4n) is 5.61. The zero-order chi connectivity index (χ0) is 24.6. The molecule has 2 unspecified atom stereocenters. The van der Waals surface area contributed by atoms with Crippen LogP contribution in [0.5, 0.6) is 5.75 Å². The summed E-state index contributed by atoms with van der Waals surface area (Å²) in [5, 5.41) is 5.65. The van der Waals surface area contributed by atoms with Crippen molar-refractivity contribution >= 4 is 17.9 Å². The monoisotopic (exact) mass is 475 g/mol. The summed E-state index contributed by atoms with van der Waals surface area (Å²) in [7, 11) is 1.61. The second-order valence-electron chi connectivity index (χ2n) is 9.41. The number of fused-ring (bicyclic) bond motifs is 5. The topological polar surface area (TPSA) is 38.3 Å². The molecule has 2 aliphatic carbocycles. The van der Waals surface area contributed by atoms with Gasteiger partial charge in [0.25, 0.3) is 0 Å². The normalized spacial score (nSPS) is 19.3. The van der Waals surface area contributed by atoms with E-state index in [1.165, 1.54) is 11.6 Å². The molecule has 4 heteroatoms. The molecule has 0 saturated heterocycles. The predicted molar refractivity (Wildman–Crippen MR) is 141 cm³/mol. The summed E-state index contributed by atoms with van der Waals surface area (Å²) in [4.78, 5) is 13.8. The number of methoxy groups -OCH3 is 1. The number of carbonyl (C=O) groups excluding carboxylic acids is 1. The van der Waals surface area contributed by atoms with Crippen molar-refractivity contribution in [2.75, 3.05) is 7.11 Å². The zero-order valence-corrected chi connectivity index (χ0v) is 20.0. The number of allylic oxidation sites excluding steroid dienone is 5. The van der Waals surface area contributed by atoms with Crippen LogP contribution in [0.15, 0.2) is 90.8 Å². The molecule has 3 aliphatic rings. The summed E-state index contributed by atoms with van der Waals surface area (Å²) in [5.41, 5.74) is 6.05. The molecule has 178 valence electrons. The fourth-order valence-corrected chi connectivity index (χ4v) is 5.61. The number of ketones is 1. The highest BCUT2D eigenvalue weighted by atomic mass is 19.1. The van der Waals surface area contributed by atoms with Gasteiger partial charge in [-0.2, -0.15) is 0 Å². The Morgan fingerprint density at radius 2 is 1.89 bits per heavy atom. The SMILES string of the molecule is COc1cccc(C(=O)C2C=c3c(ccc4c3=CCc3cc(F)ccc3-4)C(C3=CC=CC=CN3)C2)c1. The van der Waals surface area contributed by atoms with E-state index in [0.29, 0.717) is 24.2 Å². The maximum atomic E-state index is 13.9. The molecule has 0 fully saturated rings. The highest BCUT2D eigenvalue weighted by molar-refractivity contribution is 6.01. The van der Waals surface area contributed by atoms with Gasteiger partial charge in [-0.3, -0.25) is 4.79 Å². The molecule has 0 spiro atoms. The lowest BCUT2D eigenvalue weighted by Gasteiger charge is -2.30. The van der Waals surface area contributed by atoms with Gasteiger partial charge in [0.05, 0.1) is 7.11 Å². The van der Waals surface area contributed by atoms with Crippen molar-refractivity contribution in [2.45, 2.75) is 18.8 Å². The lowest BCUT2D eigenvalue weighted by molar-refractivity contribution is 0.0943. The number of Topliss-reactive ketones (excluding diaryl/α,β-unsaturated/α-hetero) is 1. The van der Waals surface area contributed by atoms with Crippen LogP contribution in [-0.2, 0) is 6.42 Å². The first-order chi connectivity index (χ1) is 17.6. The van der Waals surface area contributed by atoms with Gasteiger partial charge in [-0.15, -0.1) is 0 Å². The highest BCUT2D eigenvalue weighted by Gasteiger charge is 2.31. The van der Waals surface area contributed by atoms with Crippen LogP contribution in [0.4, 0.5) is 4.39 Å². The van der Waals surface area contributed by atoms with Crippen molar-refractivity contribution in [2.24, 2.45) is 5.92 Å². The van der Waals surface area contributed by atoms with Gasteiger partial charge in [0.1, 0.15) is 11.6 Å². The van der Waals surface area contributed by atoms with E-state index in [1.54, 1.807) is 13.2 Å². The minimum absolute atomic E-state index is 0.0327. The largest absolute Gasteiger partial charge is 0.497 e. The summed E-state index contributed by atoms with van der Waals surface area (Å²) in [5.74, 6) is 0.284. The number of halogens is 1. The van der Waals surface area contributed by atoms with Crippen molar-refractivity contribution in [3.05, 3.63) is 124 Å². The lowest BCUT2D eigenvalue weighted by Crippen LogP contribution is -2.40. The first kappa shape index (κ1) is 22.3. The molecule has 1 aliphatic heterocycles. The van der Waals surface area contributed by atoms with Gasteiger partial charge in [0.2, 0.25) is 0 Å². The third kappa shape index (κ3) is 3.89. The Morgan fingerprint density at radius 3 is 2.78 bits per heavy atom. The van der Waals surface area contributed by atoms with Gasteiger partial charge < -0.3 is 10.1 Å². The molecule has 1 N–H and O–H groups in total. The van der Waals surface area contributed by atoms with Gasteiger partial charge in [-0.1, -0.05) is 54.6 Å². The number of ether oxygens (including phenoxy) is 1. The van der Waals surface area contributed by atoms with Crippen LogP contribution in [0.3, 0.4) is 0 Å². The number of benzene rings is 3. The number of hydrogen-bond donors (Lipinski definition) is 1. The Bertz CT molecular complexity index is 1590. The Balaban J connectivity index is 1.53. The van der Waals surface area contributed by atoms with Gasteiger partial charge >= 0.3 is 0 Å². The molecule has 0 radical (unpaired) electrons. The van der Waals surface area contributed by atoms with E-state index in [-0.39, 0.29) is 23.4 Å². The molecule has 0 bridgehead atoms. The van der Waals surface area contributed by atoms with Gasteiger partial charge in [-0.05, 0) is 82.0 Å². The Morgan fingerprint density at radius 1 is 1.00 bits per heavy atom. The summed E-state index contributed by atoms with van der Waals surface area (Å²) in [6.45, 7) is 0. The number of nitrogens with one attached hydrogen (secondary N) is 1.